The van der Waals surface area contributed by atoms with Crippen LogP contribution >= 0.6 is 11.3 Å². The van der Waals surface area contributed by atoms with E-state index in [1.54, 1.807) is 23.5 Å². The Morgan fingerprint density at radius 1 is 0.840 bits per heavy atom. The number of hydrogen-bond donors (Lipinski definition) is 1. The van der Waals surface area contributed by atoms with Gasteiger partial charge in [0.05, 0.1) is 0 Å². The molecule has 0 amide bonds. The SMILES string of the molecule is Cc1sc2cc(-[n+]3ccc(O)cc3)ccc2[n+]1-c1ccccc1.[Cl-].[Cl-]. The van der Waals surface area contributed by atoms with Crippen molar-refractivity contribution in [3.63, 3.8) is 0 Å². The van der Waals surface area contributed by atoms with Crippen LogP contribution in [0.25, 0.3) is 21.6 Å². The fourth-order valence-corrected chi connectivity index (χ4v) is 3.85. The van der Waals surface area contributed by atoms with Crippen LogP contribution in [-0.2, 0) is 0 Å². The van der Waals surface area contributed by atoms with Gasteiger partial charge in [-0.2, -0.15) is 4.57 Å². The van der Waals surface area contributed by atoms with Gasteiger partial charge in [0.1, 0.15) is 10.4 Å². The Morgan fingerprint density at radius 2 is 1.52 bits per heavy atom. The van der Waals surface area contributed by atoms with Crippen LogP contribution in [0.2, 0.25) is 0 Å². The maximum atomic E-state index is 9.43. The molecule has 4 rings (SSSR count). The first kappa shape index (κ1) is 19.2. The highest BCUT2D eigenvalue weighted by Gasteiger charge is 2.21. The zero-order chi connectivity index (χ0) is 15.8. The molecule has 0 fully saturated rings. The van der Waals surface area contributed by atoms with Crippen LogP contribution in [-0.4, -0.2) is 5.11 Å². The van der Waals surface area contributed by atoms with Gasteiger partial charge in [0.25, 0.3) is 0 Å². The van der Waals surface area contributed by atoms with E-state index in [0.717, 1.165) is 5.69 Å². The third-order valence-corrected chi connectivity index (χ3v) is 4.91. The molecular weight excluding hydrogens is 375 g/mol. The standard InChI is InChI=1S/C19H15N2OS.2ClH/c1-14-21(15-5-3-2-4-6-15)18-8-7-16(13-19(18)23-14)20-11-9-17(22)10-12-20;;/h2-13H,1H3;2*1H/q+1;;/p-1. The maximum Gasteiger partial charge on any atom is 0.241 e. The van der Waals surface area contributed by atoms with E-state index < -0.39 is 0 Å². The fraction of sp³-hybridized carbons (Fsp3) is 0.0526. The number of rotatable bonds is 2. The number of nitrogens with zero attached hydrogens (tertiary/aromatic N) is 2. The summed E-state index contributed by atoms with van der Waals surface area (Å²) in [4.78, 5) is 0. The summed E-state index contributed by atoms with van der Waals surface area (Å²) in [6, 6.07) is 20.2. The summed E-state index contributed by atoms with van der Waals surface area (Å²) in [5.41, 5.74) is 3.47. The lowest BCUT2D eigenvalue weighted by Crippen LogP contribution is -3.00. The molecule has 0 bridgehead atoms. The molecule has 6 heteroatoms. The number of fused-ring (bicyclic) bond motifs is 1. The van der Waals surface area contributed by atoms with Crippen LogP contribution in [0.1, 0.15) is 5.01 Å². The molecule has 2 aromatic heterocycles. The van der Waals surface area contributed by atoms with Gasteiger partial charge in [-0.15, -0.1) is 4.57 Å². The van der Waals surface area contributed by atoms with Crippen molar-refractivity contribution in [1.82, 2.24) is 0 Å². The number of halogens is 2. The summed E-state index contributed by atoms with van der Waals surface area (Å²) in [6.45, 7) is 2.14. The van der Waals surface area contributed by atoms with Crippen molar-refractivity contribution in [3.05, 3.63) is 78.1 Å². The minimum Gasteiger partial charge on any atom is -1.00 e. The van der Waals surface area contributed by atoms with Crippen LogP contribution in [0, 0.1) is 6.92 Å². The number of aryl methyl sites for hydroxylation is 1. The highest BCUT2D eigenvalue weighted by Crippen LogP contribution is 2.23. The molecule has 4 aromatic rings. The second-order valence-corrected chi connectivity index (χ2v) is 6.64. The number of pyridine rings is 1. The van der Waals surface area contributed by atoms with Crippen LogP contribution < -0.4 is 33.9 Å². The molecule has 0 radical (unpaired) electrons. The van der Waals surface area contributed by atoms with E-state index in [4.69, 9.17) is 0 Å². The molecule has 0 aliphatic carbocycles. The second-order valence-electron chi connectivity index (χ2n) is 5.41. The average molecular weight is 391 g/mol. The van der Waals surface area contributed by atoms with Crippen LogP contribution in [0.3, 0.4) is 0 Å². The molecular formula is C19H16Cl2N2OS. The number of aromatic nitrogens is 2. The van der Waals surface area contributed by atoms with Gasteiger partial charge in [0, 0.05) is 49.4 Å². The van der Waals surface area contributed by atoms with Crippen molar-refractivity contribution in [2.24, 2.45) is 0 Å². The van der Waals surface area contributed by atoms with Gasteiger partial charge in [0.2, 0.25) is 21.9 Å². The summed E-state index contributed by atoms with van der Waals surface area (Å²) in [7, 11) is 0. The Morgan fingerprint density at radius 3 is 2.20 bits per heavy atom. The van der Waals surface area contributed by atoms with Gasteiger partial charge in [-0.05, 0) is 0 Å². The highest BCUT2D eigenvalue weighted by atomic mass is 35.5. The quantitative estimate of drug-likeness (QED) is 0.376. The van der Waals surface area contributed by atoms with E-state index in [1.165, 1.54) is 20.9 Å². The summed E-state index contributed by atoms with van der Waals surface area (Å²) < 4.78 is 5.52. The average Bonchev–Trinajstić information content (AvgIpc) is 2.91. The molecule has 2 heterocycles. The first-order valence-electron chi connectivity index (χ1n) is 7.44. The van der Waals surface area contributed by atoms with Crippen LogP contribution in [0.15, 0.2) is 73.1 Å². The maximum absolute atomic E-state index is 9.43. The molecule has 0 unspecified atom stereocenters. The van der Waals surface area contributed by atoms with Gasteiger partial charge in [0.15, 0.2) is 12.4 Å². The Labute approximate surface area is 162 Å². The van der Waals surface area contributed by atoms with E-state index in [0.29, 0.717) is 0 Å². The van der Waals surface area contributed by atoms with Crippen molar-refractivity contribution < 1.29 is 39.1 Å². The normalized spacial score (nSPS) is 10.1. The molecule has 0 aliphatic rings. The molecule has 128 valence electrons. The van der Waals surface area contributed by atoms with Gasteiger partial charge in [-0.1, -0.05) is 29.5 Å². The van der Waals surface area contributed by atoms with Crippen molar-refractivity contribution in [3.8, 4) is 17.1 Å². The molecule has 0 saturated heterocycles. The van der Waals surface area contributed by atoms with Crippen molar-refractivity contribution in [2.75, 3.05) is 0 Å². The zero-order valence-corrected chi connectivity index (χ0v) is 15.8. The van der Waals surface area contributed by atoms with E-state index in [9.17, 15) is 5.11 Å². The largest absolute Gasteiger partial charge is 1.00 e. The number of benzene rings is 2. The Kier molecular flexibility index (Phi) is 6.01. The topological polar surface area (TPSA) is 28.0 Å². The Hall–Kier alpha value is -2.14. The molecule has 0 saturated carbocycles. The summed E-state index contributed by atoms with van der Waals surface area (Å²) in [6.07, 6.45) is 3.73. The molecule has 3 nitrogen and oxygen atoms in total. The summed E-state index contributed by atoms with van der Waals surface area (Å²) in [5, 5.41) is 10.7. The van der Waals surface area contributed by atoms with Gasteiger partial charge in [-0.25, -0.2) is 0 Å². The fourth-order valence-electron chi connectivity index (χ4n) is 2.79. The third-order valence-electron chi connectivity index (χ3n) is 3.88. The van der Waals surface area contributed by atoms with E-state index in [1.807, 2.05) is 23.0 Å². The summed E-state index contributed by atoms with van der Waals surface area (Å²) in [5.74, 6) is 0.274. The predicted octanol–water partition coefficient (Wildman–Crippen LogP) is -2.52. The predicted molar refractivity (Wildman–Crippen MR) is 91.3 cm³/mol. The lowest BCUT2D eigenvalue weighted by molar-refractivity contribution is -0.596. The van der Waals surface area contributed by atoms with E-state index in [-0.39, 0.29) is 30.6 Å². The van der Waals surface area contributed by atoms with Gasteiger partial charge in [-0.3, -0.25) is 0 Å². The Bertz CT molecular complexity index is 986. The molecule has 0 spiro atoms. The number of hydrogen-bond acceptors (Lipinski definition) is 2. The molecule has 0 atom stereocenters. The lowest BCUT2D eigenvalue weighted by Gasteiger charge is -1.97. The summed E-state index contributed by atoms with van der Waals surface area (Å²) >= 11 is 1.79. The number of para-hydroxylation sites is 1. The van der Waals surface area contributed by atoms with Crippen molar-refractivity contribution in [1.29, 1.82) is 0 Å². The zero-order valence-electron chi connectivity index (χ0n) is 13.4. The molecule has 1 N–H and O–H groups in total. The third kappa shape index (κ3) is 3.61. The minimum atomic E-state index is 0. The minimum absolute atomic E-state index is 0. The monoisotopic (exact) mass is 390 g/mol. The Balaban J connectivity index is 0.00000113. The van der Waals surface area contributed by atoms with E-state index >= 15 is 0 Å². The molecule has 25 heavy (non-hydrogen) atoms. The number of aromatic hydroxyl groups is 1. The van der Waals surface area contributed by atoms with Crippen LogP contribution in [0.4, 0.5) is 0 Å². The van der Waals surface area contributed by atoms with Crippen LogP contribution in [0.5, 0.6) is 5.75 Å². The lowest BCUT2D eigenvalue weighted by atomic mass is 10.2. The van der Waals surface area contributed by atoms with Crippen molar-refractivity contribution >= 4 is 21.6 Å². The van der Waals surface area contributed by atoms with Gasteiger partial charge >= 0.3 is 0 Å². The molecule has 2 aromatic carbocycles. The van der Waals surface area contributed by atoms with Crippen molar-refractivity contribution in [2.45, 2.75) is 6.92 Å². The first-order valence-corrected chi connectivity index (χ1v) is 8.25. The number of thiazole rings is 1. The highest BCUT2D eigenvalue weighted by molar-refractivity contribution is 7.18. The van der Waals surface area contributed by atoms with E-state index in [2.05, 4.69) is 54.0 Å². The van der Waals surface area contributed by atoms with Gasteiger partial charge < -0.3 is 29.9 Å². The second kappa shape index (κ2) is 7.83. The first-order chi connectivity index (χ1) is 11.2. The smallest absolute Gasteiger partial charge is 0.241 e. The molecule has 0 aliphatic heterocycles.